The van der Waals surface area contributed by atoms with Gasteiger partial charge in [0, 0.05) is 52.3 Å². The molecule has 2 fully saturated rings. The van der Waals surface area contributed by atoms with Crippen molar-refractivity contribution in [2.75, 3.05) is 45.9 Å². The van der Waals surface area contributed by atoms with Crippen LogP contribution >= 0.6 is 0 Å². The van der Waals surface area contributed by atoms with Crippen LogP contribution in [0.4, 0.5) is 4.39 Å². The van der Waals surface area contributed by atoms with E-state index in [0.717, 1.165) is 32.0 Å². The Labute approximate surface area is 159 Å². The number of hydrogen-bond acceptors (Lipinski definition) is 5. The molecular formula is C18H26FN3O4S. The average Bonchev–Trinajstić information content (AvgIpc) is 3.18. The first-order valence-electron chi connectivity index (χ1n) is 9.32. The summed E-state index contributed by atoms with van der Waals surface area (Å²) >= 11 is 0. The number of amides is 1. The second-order valence-electron chi connectivity index (χ2n) is 6.84. The molecule has 1 N–H and O–H groups in total. The third kappa shape index (κ3) is 5.25. The van der Waals surface area contributed by atoms with Crippen LogP contribution < -0.4 is 5.32 Å². The van der Waals surface area contributed by atoms with E-state index in [4.69, 9.17) is 4.74 Å². The van der Waals surface area contributed by atoms with E-state index < -0.39 is 15.8 Å². The Hall–Kier alpha value is -1.55. The molecule has 2 saturated heterocycles. The van der Waals surface area contributed by atoms with Gasteiger partial charge in [0.05, 0.1) is 11.0 Å². The summed E-state index contributed by atoms with van der Waals surface area (Å²) in [6, 6.07) is 4.96. The smallest absolute Gasteiger partial charge is 0.243 e. The third-order valence-electron chi connectivity index (χ3n) is 4.91. The number of benzene rings is 1. The second-order valence-corrected chi connectivity index (χ2v) is 8.77. The molecule has 150 valence electrons. The predicted octanol–water partition coefficient (Wildman–Crippen LogP) is 0.817. The molecule has 2 heterocycles. The lowest BCUT2D eigenvalue weighted by atomic mass is 10.2. The molecule has 0 radical (unpaired) electrons. The van der Waals surface area contributed by atoms with Crippen LogP contribution in [-0.2, 0) is 19.6 Å². The number of sulfonamides is 1. The van der Waals surface area contributed by atoms with Gasteiger partial charge in [-0.1, -0.05) is 6.07 Å². The van der Waals surface area contributed by atoms with Crippen LogP contribution in [-0.4, -0.2) is 75.5 Å². The summed E-state index contributed by atoms with van der Waals surface area (Å²) in [6.07, 6.45) is 1.57. The molecule has 1 aromatic rings. The van der Waals surface area contributed by atoms with Gasteiger partial charge in [-0.05, 0) is 31.0 Å². The van der Waals surface area contributed by atoms with E-state index in [-0.39, 0.29) is 36.4 Å². The Balaban J connectivity index is 1.72. The minimum Gasteiger partial charge on any atom is -0.377 e. The first-order chi connectivity index (χ1) is 13.0. The fraction of sp³-hybridized carbons (Fsp3) is 0.611. The maximum absolute atomic E-state index is 13.5. The van der Waals surface area contributed by atoms with Gasteiger partial charge in [0.15, 0.2) is 0 Å². The summed E-state index contributed by atoms with van der Waals surface area (Å²) in [5, 5.41) is 3.18. The fourth-order valence-electron chi connectivity index (χ4n) is 3.39. The van der Waals surface area contributed by atoms with Crippen LogP contribution in [0.2, 0.25) is 0 Å². The standard InChI is InChI=1S/C18H26FN3O4S/c19-15-3-1-5-17(13-15)27(24,25)22(14-16-4-2-12-26-16)9-6-18(23)21-10-7-20-8-11-21/h1,3,5,13,16,20H,2,4,6-12,14H2/t16-/m1/s1. The van der Waals surface area contributed by atoms with E-state index in [1.54, 1.807) is 4.90 Å². The quantitative estimate of drug-likeness (QED) is 0.734. The van der Waals surface area contributed by atoms with Crippen molar-refractivity contribution in [3.05, 3.63) is 30.1 Å². The molecule has 1 aromatic carbocycles. The van der Waals surface area contributed by atoms with Gasteiger partial charge in [-0.25, -0.2) is 12.8 Å². The van der Waals surface area contributed by atoms with E-state index in [0.29, 0.717) is 19.7 Å². The van der Waals surface area contributed by atoms with E-state index in [1.807, 2.05) is 0 Å². The molecule has 1 atom stereocenters. The van der Waals surface area contributed by atoms with Crippen molar-refractivity contribution in [2.45, 2.75) is 30.3 Å². The third-order valence-corrected chi connectivity index (χ3v) is 6.77. The molecule has 0 unspecified atom stereocenters. The van der Waals surface area contributed by atoms with E-state index >= 15 is 0 Å². The van der Waals surface area contributed by atoms with Gasteiger partial charge in [0.2, 0.25) is 15.9 Å². The van der Waals surface area contributed by atoms with Gasteiger partial charge in [-0.2, -0.15) is 4.31 Å². The fourth-order valence-corrected chi connectivity index (χ4v) is 4.90. The highest BCUT2D eigenvalue weighted by atomic mass is 32.2. The van der Waals surface area contributed by atoms with Gasteiger partial charge in [0.25, 0.3) is 0 Å². The Bertz CT molecular complexity index is 747. The van der Waals surface area contributed by atoms with Crippen molar-refractivity contribution in [3.63, 3.8) is 0 Å². The van der Waals surface area contributed by atoms with Crippen LogP contribution in [0, 0.1) is 5.82 Å². The Morgan fingerprint density at radius 3 is 2.78 bits per heavy atom. The molecule has 27 heavy (non-hydrogen) atoms. The highest BCUT2D eigenvalue weighted by molar-refractivity contribution is 7.89. The lowest BCUT2D eigenvalue weighted by Gasteiger charge is -2.29. The number of carbonyl (C=O) groups excluding carboxylic acids is 1. The maximum Gasteiger partial charge on any atom is 0.243 e. The van der Waals surface area contributed by atoms with Gasteiger partial charge in [-0.3, -0.25) is 4.79 Å². The van der Waals surface area contributed by atoms with Gasteiger partial charge in [0.1, 0.15) is 5.82 Å². The Morgan fingerprint density at radius 2 is 2.11 bits per heavy atom. The normalized spacial score (nSPS) is 21.0. The molecule has 0 bridgehead atoms. The van der Waals surface area contributed by atoms with Crippen molar-refractivity contribution >= 4 is 15.9 Å². The lowest BCUT2D eigenvalue weighted by molar-refractivity contribution is -0.131. The molecule has 1 amide bonds. The van der Waals surface area contributed by atoms with Crippen molar-refractivity contribution in [3.8, 4) is 0 Å². The first kappa shape index (κ1) is 20.2. The summed E-state index contributed by atoms with van der Waals surface area (Å²) < 4.78 is 46.4. The zero-order chi connectivity index (χ0) is 19.3. The SMILES string of the molecule is O=C(CCN(C[C@H]1CCCO1)S(=O)(=O)c1cccc(F)c1)N1CCNCC1. The molecule has 0 saturated carbocycles. The zero-order valence-electron chi connectivity index (χ0n) is 15.3. The molecule has 0 spiro atoms. The number of rotatable bonds is 7. The Morgan fingerprint density at radius 1 is 1.33 bits per heavy atom. The molecule has 2 aliphatic rings. The molecular weight excluding hydrogens is 373 g/mol. The molecule has 3 rings (SSSR count). The first-order valence-corrected chi connectivity index (χ1v) is 10.8. The summed E-state index contributed by atoms with van der Waals surface area (Å²) in [5.74, 6) is -0.673. The van der Waals surface area contributed by atoms with Crippen LogP contribution in [0.1, 0.15) is 19.3 Å². The van der Waals surface area contributed by atoms with E-state index in [9.17, 15) is 17.6 Å². The van der Waals surface area contributed by atoms with Gasteiger partial charge >= 0.3 is 0 Å². The van der Waals surface area contributed by atoms with Crippen molar-refractivity contribution in [1.29, 1.82) is 0 Å². The number of carbonyl (C=O) groups is 1. The average molecular weight is 399 g/mol. The van der Waals surface area contributed by atoms with Crippen LogP contribution in [0.5, 0.6) is 0 Å². The zero-order valence-corrected chi connectivity index (χ0v) is 16.1. The summed E-state index contributed by atoms with van der Waals surface area (Å²) in [6.45, 7) is 3.58. The number of piperazine rings is 1. The minimum absolute atomic E-state index is 0.0570. The maximum atomic E-state index is 13.5. The summed E-state index contributed by atoms with van der Waals surface area (Å²) in [5.41, 5.74) is 0. The molecule has 2 aliphatic heterocycles. The molecule has 9 heteroatoms. The van der Waals surface area contributed by atoms with Crippen molar-refractivity contribution < 1.29 is 22.3 Å². The van der Waals surface area contributed by atoms with Crippen molar-refractivity contribution in [2.24, 2.45) is 0 Å². The van der Waals surface area contributed by atoms with Crippen molar-refractivity contribution in [1.82, 2.24) is 14.5 Å². The summed E-state index contributed by atoms with van der Waals surface area (Å²) in [4.78, 5) is 14.1. The van der Waals surface area contributed by atoms with Gasteiger partial charge in [-0.15, -0.1) is 0 Å². The number of nitrogens with zero attached hydrogens (tertiary/aromatic N) is 2. The molecule has 0 aromatic heterocycles. The largest absolute Gasteiger partial charge is 0.377 e. The number of ether oxygens (including phenoxy) is 1. The van der Waals surface area contributed by atoms with E-state index in [1.165, 1.54) is 22.5 Å². The number of halogens is 1. The highest BCUT2D eigenvalue weighted by Crippen LogP contribution is 2.21. The number of nitrogens with one attached hydrogen (secondary N) is 1. The Kier molecular flexibility index (Phi) is 6.80. The van der Waals surface area contributed by atoms with Gasteiger partial charge < -0.3 is 15.0 Å². The topological polar surface area (TPSA) is 79.0 Å². The molecule has 7 nitrogen and oxygen atoms in total. The minimum atomic E-state index is -3.91. The monoisotopic (exact) mass is 399 g/mol. The van der Waals surface area contributed by atoms with E-state index in [2.05, 4.69) is 5.32 Å². The van der Waals surface area contributed by atoms with Crippen LogP contribution in [0.3, 0.4) is 0 Å². The highest BCUT2D eigenvalue weighted by Gasteiger charge is 2.30. The van der Waals surface area contributed by atoms with Crippen LogP contribution in [0.15, 0.2) is 29.2 Å². The predicted molar refractivity (Wildman–Crippen MR) is 98.2 cm³/mol. The number of hydrogen-bond donors (Lipinski definition) is 1. The second kappa shape index (κ2) is 9.09. The lowest BCUT2D eigenvalue weighted by Crippen LogP contribution is -2.47. The van der Waals surface area contributed by atoms with Crippen LogP contribution in [0.25, 0.3) is 0 Å². The summed E-state index contributed by atoms with van der Waals surface area (Å²) in [7, 11) is -3.91. The molecule has 0 aliphatic carbocycles.